The third-order valence-electron chi connectivity index (χ3n) is 3.53. The Morgan fingerprint density at radius 1 is 1.19 bits per heavy atom. The Labute approximate surface area is 134 Å². The Bertz CT molecular complexity index is 692. The number of sulfonamides is 1. The lowest BCUT2D eigenvalue weighted by Gasteiger charge is -2.21. The van der Waals surface area contributed by atoms with Crippen molar-refractivity contribution in [2.24, 2.45) is 0 Å². The smallest absolute Gasteiger partial charge is 0.207 e. The van der Waals surface area contributed by atoms with Crippen molar-refractivity contribution in [3.63, 3.8) is 0 Å². The van der Waals surface area contributed by atoms with E-state index in [1.165, 1.54) is 0 Å². The molecule has 0 N–H and O–H groups in total. The summed E-state index contributed by atoms with van der Waals surface area (Å²) in [7, 11) is -3.44. The molecule has 1 aliphatic carbocycles. The van der Waals surface area contributed by atoms with Crippen LogP contribution in [0.4, 0.5) is 0 Å². The Balaban J connectivity index is 1.89. The molecule has 1 fully saturated rings. The molecule has 3 nitrogen and oxygen atoms in total. The summed E-state index contributed by atoms with van der Waals surface area (Å²) in [6.07, 6.45) is 1.90. The van der Waals surface area contributed by atoms with Crippen LogP contribution in [-0.4, -0.2) is 18.8 Å². The molecule has 1 aliphatic rings. The summed E-state index contributed by atoms with van der Waals surface area (Å²) >= 11 is 7.34. The van der Waals surface area contributed by atoms with Crippen LogP contribution >= 0.6 is 22.9 Å². The van der Waals surface area contributed by atoms with Gasteiger partial charge in [0.1, 0.15) is 0 Å². The summed E-state index contributed by atoms with van der Waals surface area (Å²) in [5.74, 6) is 0.391. The van der Waals surface area contributed by atoms with E-state index in [0.29, 0.717) is 17.3 Å². The molecular weight excluding hydrogens is 326 g/mol. The minimum atomic E-state index is -3.44. The van der Waals surface area contributed by atoms with Crippen molar-refractivity contribution >= 4 is 33.0 Å². The monoisotopic (exact) mass is 341 g/mol. The van der Waals surface area contributed by atoms with Gasteiger partial charge in [0.25, 0.3) is 0 Å². The highest BCUT2D eigenvalue weighted by Crippen LogP contribution is 2.34. The minimum absolute atomic E-state index is 0.143. The molecule has 1 aromatic heterocycles. The molecule has 0 radical (unpaired) electrons. The van der Waals surface area contributed by atoms with Gasteiger partial charge in [0.15, 0.2) is 0 Å². The number of thiophene rings is 1. The van der Waals surface area contributed by atoms with E-state index >= 15 is 0 Å². The second-order valence-corrected chi connectivity index (χ2v) is 8.33. The molecule has 2 aromatic rings. The molecule has 0 spiro atoms. The zero-order chi connectivity index (χ0) is 14.9. The Kier molecular flexibility index (Phi) is 4.36. The number of halogens is 1. The summed E-state index contributed by atoms with van der Waals surface area (Å²) in [6.45, 7) is 0.460. The summed E-state index contributed by atoms with van der Waals surface area (Å²) in [6, 6.07) is 10.9. The Morgan fingerprint density at radius 2 is 1.90 bits per heavy atom. The van der Waals surface area contributed by atoms with Crippen molar-refractivity contribution in [2.45, 2.75) is 36.2 Å². The highest BCUT2D eigenvalue weighted by molar-refractivity contribution is 7.89. The van der Waals surface area contributed by atoms with Crippen LogP contribution in [0.2, 0.25) is 0 Å². The van der Waals surface area contributed by atoms with Crippen molar-refractivity contribution in [3.05, 3.63) is 52.2 Å². The standard InChI is InChI=1S/C15H16ClNO2S2/c16-10-12-3-7-15(8-4-12)21(18,19)17(13-5-6-13)11-14-2-1-9-20-14/h1-4,7-9,13H,5-6,10-11H2. The van der Waals surface area contributed by atoms with Crippen LogP contribution in [0.5, 0.6) is 0 Å². The number of nitrogens with zero attached hydrogens (tertiary/aromatic N) is 1. The van der Waals surface area contributed by atoms with Gasteiger partial charge in [-0.3, -0.25) is 0 Å². The SMILES string of the molecule is O=S(=O)(c1ccc(CCl)cc1)N(Cc1cccs1)C1CC1. The van der Waals surface area contributed by atoms with Gasteiger partial charge in [-0.2, -0.15) is 4.31 Å². The molecule has 3 rings (SSSR count). The van der Waals surface area contributed by atoms with Crippen molar-refractivity contribution in [1.82, 2.24) is 4.31 Å². The van der Waals surface area contributed by atoms with Gasteiger partial charge in [-0.15, -0.1) is 22.9 Å². The molecule has 1 aromatic carbocycles. The Hall–Kier alpha value is -0.880. The molecule has 0 amide bonds. The maximum Gasteiger partial charge on any atom is 0.243 e. The fourth-order valence-corrected chi connectivity index (χ4v) is 4.84. The summed E-state index contributed by atoms with van der Waals surface area (Å²) in [4.78, 5) is 1.42. The average molecular weight is 342 g/mol. The molecule has 6 heteroatoms. The van der Waals surface area contributed by atoms with Gasteiger partial charge in [0.2, 0.25) is 10.0 Å². The van der Waals surface area contributed by atoms with E-state index in [4.69, 9.17) is 11.6 Å². The minimum Gasteiger partial charge on any atom is -0.207 e. The average Bonchev–Trinajstić information content (AvgIpc) is 3.20. The third-order valence-corrected chi connectivity index (χ3v) is 6.61. The zero-order valence-corrected chi connectivity index (χ0v) is 13.8. The molecule has 112 valence electrons. The van der Waals surface area contributed by atoms with Gasteiger partial charge in [0.05, 0.1) is 4.90 Å². The number of alkyl halides is 1. The lowest BCUT2D eigenvalue weighted by molar-refractivity contribution is 0.401. The molecule has 0 atom stereocenters. The first-order valence-corrected chi connectivity index (χ1v) is 9.66. The van der Waals surface area contributed by atoms with Crippen LogP contribution in [0.3, 0.4) is 0 Å². The van der Waals surface area contributed by atoms with E-state index in [-0.39, 0.29) is 6.04 Å². The zero-order valence-electron chi connectivity index (χ0n) is 11.4. The van der Waals surface area contributed by atoms with Crippen LogP contribution in [-0.2, 0) is 22.4 Å². The molecule has 0 unspecified atom stereocenters. The first kappa shape index (κ1) is 15.0. The third kappa shape index (κ3) is 3.31. The van der Waals surface area contributed by atoms with E-state index in [2.05, 4.69) is 0 Å². The maximum atomic E-state index is 12.8. The van der Waals surface area contributed by atoms with E-state index in [0.717, 1.165) is 23.3 Å². The van der Waals surface area contributed by atoms with Crippen molar-refractivity contribution in [3.8, 4) is 0 Å². The molecule has 21 heavy (non-hydrogen) atoms. The molecule has 0 saturated heterocycles. The fourth-order valence-electron chi connectivity index (χ4n) is 2.21. The van der Waals surface area contributed by atoms with Crippen LogP contribution in [0, 0.1) is 0 Å². The molecular formula is C15H16ClNO2S2. The van der Waals surface area contributed by atoms with Crippen molar-refractivity contribution < 1.29 is 8.42 Å². The van der Waals surface area contributed by atoms with Gasteiger partial charge in [0, 0.05) is 23.3 Å². The lowest BCUT2D eigenvalue weighted by atomic mass is 10.2. The number of rotatable bonds is 6. The van der Waals surface area contributed by atoms with Gasteiger partial charge >= 0.3 is 0 Å². The van der Waals surface area contributed by atoms with Crippen LogP contribution in [0.1, 0.15) is 23.3 Å². The number of hydrogen-bond acceptors (Lipinski definition) is 3. The lowest BCUT2D eigenvalue weighted by Crippen LogP contribution is -2.32. The van der Waals surface area contributed by atoms with Crippen molar-refractivity contribution in [1.29, 1.82) is 0 Å². The summed E-state index contributed by atoms with van der Waals surface area (Å²) in [5, 5.41) is 1.97. The van der Waals surface area contributed by atoms with Crippen LogP contribution in [0.15, 0.2) is 46.7 Å². The first-order valence-electron chi connectivity index (χ1n) is 6.80. The molecule has 0 aliphatic heterocycles. The predicted octanol–water partition coefficient (Wildman–Crippen LogP) is 3.84. The number of hydrogen-bond donors (Lipinski definition) is 0. The van der Waals surface area contributed by atoms with E-state index in [9.17, 15) is 8.42 Å². The number of benzene rings is 1. The quantitative estimate of drug-likeness (QED) is 0.748. The van der Waals surface area contributed by atoms with Crippen molar-refractivity contribution in [2.75, 3.05) is 0 Å². The fraction of sp³-hybridized carbons (Fsp3) is 0.333. The van der Waals surface area contributed by atoms with Gasteiger partial charge in [-0.05, 0) is 42.0 Å². The van der Waals surface area contributed by atoms with Gasteiger partial charge in [-0.1, -0.05) is 18.2 Å². The van der Waals surface area contributed by atoms with Gasteiger partial charge in [-0.25, -0.2) is 8.42 Å². The normalized spacial score (nSPS) is 15.5. The summed E-state index contributed by atoms with van der Waals surface area (Å²) in [5.41, 5.74) is 0.923. The Morgan fingerprint density at radius 3 is 2.43 bits per heavy atom. The van der Waals surface area contributed by atoms with E-state index in [1.54, 1.807) is 39.9 Å². The molecule has 1 saturated carbocycles. The second-order valence-electron chi connectivity index (χ2n) is 5.14. The summed E-state index contributed by atoms with van der Waals surface area (Å²) < 4.78 is 27.3. The molecule has 0 bridgehead atoms. The second kappa shape index (κ2) is 6.08. The first-order chi connectivity index (χ1) is 10.1. The van der Waals surface area contributed by atoms with Crippen LogP contribution < -0.4 is 0 Å². The van der Waals surface area contributed by atoms with Crippen LogP contribution in [0.25, 0.3) is 0 Å². The highest BCUT2D eigenvalue weighted by Gasteiger charge is 2.38. The van der Waals surface area contributed by atoms with E-state index in [1.807, 2.05) is 17.5 Å². The molecule has 1 heterocycles. The van der Waals surface area contributed by atoms with E-state index < -0.39 is 10.0 Å². The maximum absolute atomic E-state index is 12.8. The largest absolute Gasteiger partial charge is 0.243 e. The van der Waals surface area contributed by atoms with Gasteiger partial charge < -0.3 is 0 Å². The topological polar surface area (TPSA) is 37.4 Å². The predicted molar refractivity (Wildman–Crippen MR) is 86.1 cm³/mol. The highest BCUT2D eigenvalue weighted by atomic mass is 35.5.